The fourth-order valence-electron chi connectivity index (χ4n) is 5.14. The summed E-state index contributed by atoms with van der Waals surface area (Å²) in [5.41, 5.74) is 6.12. The lowest BCUT2D eigenvalue weighted by Gasteiger charge is -2.33. The zero-order valence-corrected chi connectivity index (χ0v) is 16.6. The topological polar surface area (TPSA) is 25.2 Å². The molecule has 1 aliphatic carbocycles. The summed E-state index contributed by atoms with van der Waals surface area (Å²) >= 11 is 0. The first-order valence-corrected chi connectivity index (χ1v) is 10.3. The van der Waals surface area contributed by atoms with Gasteiger partial charge in [-0.15, -0.1) is 0 Å². The van der Waals surface area contributed by atoms with Crippen LogP contribution in [0.25, 0.3) is 10.9 Å². The molecule has 0 bridgehead atoms. The number of hydrogen-bond acceptors (Lipinski definition) is 1. The van der Waals surface area contributed by atoms with Crippen molar-refractivity contribution >= 4 is 16.8 Å². The molecule has 3 nitrogen and oxygen atoms in total. The van der Waals surface area contributed by atoms with Gasteiger partial charge < -0.3 is 9.47 Å². The second-order valence-electron chi connectivity index (χ2n) is 8.13. The molecule has 3 aromatic rings. The standard InChI is InChI=1S/C25H26N2O/c1-17(18-10-4-3-5-11-18)27-24(20-13-6-7-14-21(20)25(27)28)22-16-26(2)23-15-9-8-12-19(22)23/h3-5,8-12,15-17,24H,6-7,13-14H2,1-2H3. The molecule has 28 heavy (non-hydrogen) atoms. The number of aryl methyl sites for hydroxylation is 1. The largest absolute Gasteiger partial charge is 0.350 e. The SMILES string of the molecule is CC(c1ccccc1)N1C(=O)C2=C(CCCC2)C1c1cn(C)c2ccccc12. The first-order valence-electron chi connectivity index (χ1n) is 10.3. The fourth-order valence-corrected chi connectivity index (χ4v) is 5.14. The highest BCUT2D eigenvalue weighted by Gasteiger charge is 2.43. The second kappa shape index (κ2) is 6.66. The third-order valence-corrected chi connectivity index (χ3v) is 6.53. The van der Waals surface area contributed by atoms with Crippen molar-refractivity contribution in [1.29, 1.82) is 0 Å². The zero-order chi connectivity index (χ0) is 19.3. The van der Waals surface area contributed by atoms with E-state index >= 15 is 0 Å². The van der Waals surface area contributed by atoms with Crippen molar-refractivity contribution < 1.29 is 4.79 Å². The van der Waals surface area contributed by atoms with Crippen molar-refractivity contribution in [1.82, 2.24) is 9.47 Å². The Hall–Kier alpha value is -2.81. The van der Waals surface area contributed by atoms with Crippen LogP contribution >= 0.6 is 0 Å². The highest BCUT2D eigenvalue weighted by Crippen LogP contribution is 2.49. The average molecular weight is 370 g/mol. The number of carbonyl (C=O) groups is 1. The molecule has 0 fully saturated rings. The molecule has 5 rings (SSSR count). The van der Waals surface area contributed by atoms with Crippen LogP contribution in [0, 0.1) is 0 Å². The summed E-state index contributed by atoms with van der Waals surface area (Å²) in [4.78, 5) is 15.7. The van der Waals surface area contributed by atoms with Gasteiger partial charge in [0.05, 0.1) is 12.1 Å². The van der Waals surface area contributed by atoms with Crippen LogP contribution < -0.4 is 0 Å². The number of benzene rings is 2. The smallest absolute Gasteiger partial charge is 0.251 e. The van der Waals surface area contributed by atoms with E-state index in [1.165, 1.54) is 34.0 Å². The molecule has 1 aromatic heterocycles. The minimum Gasteiger partial charge on any atom is -0.350 e. The molecule has 0 N–H and O–H groups in total. The Bertz CT molecular complexity index is 1080. The Balaban J connectivity index is 1.69. The van der Waals surface area contributed by atoms with Gasteiger partial charge in [0.2, 0.25) is 0 Å². The molecule has 0 spiro atoms. The van der Waals surface area contributed by atoms with Crippen molar-refractivity contribution in [2.75, 3.05) is 0 Å². The summed E-state index contributed by atoms with van der Waals surface area (Å²) in [7, 11) is 2.10. The summed E-state index contributed by atoms with van der Waals surface area (Å²) in [6.07, 6.45) is 6.50. The van der Waals surface area contributed by atoms with Crippen LogP contribution in [0.2, 0.25) is 0 Å². The lowest BCUT2D eigenvalue weighted by atomic mass is 9.87. The molecule has 142 valence electrons. The Morgan fingerprint density at radius 2 is 1.68 bits per heavy atom. The minimum atomic E-state index is 0.0447. The lowest BCUT2D eigenvalue weighted by molar-refractivity contribution is -0.129. The zero-order valence-electron chi connectivity index (χ0n) is 16.6. The Labute approximate surface area is 166 Å². The molecule has 1 amide bonds. The highest BCUT2D eigenvalue weighted by atomic mass is 16.2. The van der Waals surface area contributed by atoms with E-state index in [2.05, 4.69) is 78.2 Å². The van der Waals surface area contributed by atoms with E-state index in [9.17, 15) is 4.79 Å². The van der Waals surface area contributed by atoms with E-state index in [4.69, 9.17) is 0 Å². The van der Waals surface area contributed by atoms with Gasteiger partial charge in [0.15, 0.2) is 0 Å². The molecular weight excluding hydrogens is 344 g/mol. The molecule has 2 aliphatic rings. The van der Waals surface area contributed by atoms with Gasteiger partial charge >= 0.3 is 0 Å². The van der Waals surface area contributed by atoms with Crippen LogP contribution in [0.5, 0.6) is 0 Å². The average Bonchev–Trinajstić information content (AvgIpc) is 3.23. The lowest BCUT2D eigenvalue weighted by Crippen LogP contribution is -2.33. The molecule has 0 saturated heterocycles. The van der Waals surface area contributed by atoms with Crippen LogP contribution in [0.4, 0.5) is 0 Å². The van der Waals surface area contributed by atoms with Gasteiger partial charge in [-0.2, -0.15) is 0 Å². The summed E-state index contributed by atoms with van der Waals surface area (Å²) in [5.74, 6) is 0.240. The van der Waals surface area contributed by atoms with Gasteiger partial charge in [-0.25, -0.2) is 0 Å². The Morgan fingerprint density at radius 3 is 2.50 bits per heavy atom. The van der Waals surface area contributed by atoms with Crippen molar-refractivity contribution in [2.24, 2.45) is 7.05 Å². The van der Waals surface area contributed by atoms with Crippen molar-refractivity contribution in [2.45, 2.75) is 44.7 Å². The molecule has 2 unspecified atom stereocenters. The first-order chi connectivity index (χ1) is 13.7. The van der Waals surface area contributed by atoms with E-state index in [0.717, 1.165) is 24.8 Å². The molecule has 0 saturated carbocycles. The fraction of sp³-hybridized carbons (Fsp3) is 0.320. The van der Waals surface area contributed by atoms with Gasteiger partial charge in [0, 0.05) is 35.3 Å². The van der Waals surface area contributed by atoms with Crippen LogP contribution in [0.3, 0.4) is 0 Å². The second-order valence-corrected chi connectivity index (χ2v) is 8.13. The molecule has 2 aromatic carbocycles. The maximum Gasteiger partial charge on any atom is 0.251 e. The van der Waals surface area contributed by atoms with E-state index < -0.39 is 0 Å². The van der Waals surface area contributed by atoms with Gasteiger partial charge in [-0.3, -0.25) is 4.79 Å². The summed E-state index contributed by atoms with van der Waals surface area (Å²) in [6.45, 7) is 2.17. The summed E-state index contributed by atoms with van der Waals surface area (Å²) < 4.78 is 2.20. The Kier molecular flexibility index (Phi) is 4.12. The van der Waals surface area contributed by atoms with Gasteiger partial charge in [0.1, 0.15) is 0 Å². The van der Waals surface area contributed by atoms with E-state index in [1.54, 1.807) is 0 Å². The maximum absolute atomic E-state index is 13.5. The molecule has 1 aliphatic heterocycles. The quantitative estimate of drug-likeness (QED) is 0.581. The van der Waals surface area contributed by atoms with Gasteiger partial charge in [0.25, 0.3) is 5.91 Å². The number of carbonyl (C=O) groups excluding carboxylic acids is 1. The van der Waals surface area contributed by atoms with Crippen LogP contribution in [-0.4, -0.2) is 15.4 Å². The highest BCUT2D eigenvalue weighted by molar-refractivity contribution is 5.99. The first kappa shape index (κ1) is 17.3. The predicted molar refractivity (Wildman–Crippen MR) is 113 cm³/mol. The predicted octanol–water partition coefficient (Wildman–Crippen LogP) is 5.69. The number of para-hydroxylation sites is 1. The molecule has 3 heteroatoms. The number of amides is 1. The number of hydrogen-bond donors (Lipinski definition) is 0. The third kappa shape index (κ3) is 2.53. The van der Waals surface area contributed by atoms with Crippen molar-refractivity contribution in [3.8, 4) is 0 Å². The number of fused-ring (bicyclic) bond motifs is 1. The Morgan fingerprint density at radius 1 is 0.964 bits per heavy atom. The third-order valence-electron chi connectivity index (χ3n) is 6.53. The number of aromatic nitrogens is 1. The van der Waals surface area contributed by atoms with Crippen LogP contribution in [-0.2, 0) is 11.8 Å². The molecule has 0 radical (unpaired) electrons. The van der Waals surface area contributed by atoms with Gasteiger partial charge in [-0.1, -0.05) is 48.5 Å². The van der Waals surface area contributed by atoms with E-state index in [-0.39, 0.29) is 18.0 Å². The van der Waals surface area contributed by atoms with Crippen LogP contribution in [0.15, 0.2) is 71.9 Å². The normalized spacial score (nSPS) is 20.7. The van der Waals surface area contributed by atoms with Crippen molar-refractivity contribution in [3.05, 3.63) is 83.1 Å². The summed E-state index contributed by atoms with van der Waals surface area (Å²) in [6, 6.07) is 19.1. The number of rotatable bonds is 3. The van der Waals surface area contributed by atoms with Crippen LogP contribution in [0.1, 0.15) is 55.8 Å². The molecular formula is C25H26N2O. The van der Waals surface area contributed by atoms with E-state index in [0.29, 0.717) is 0 Å². The monoisotopic (exact) mass is 370 g/mol. The van der Waals surface area contributed by atoms with Crippen molar-refractivity contribution in [3.63, 3.8) is 0 Å². The van der Waals surface area contributed by atoms with Gasteiger partial charge in [-0.05, 0) is 49.8 Å². The maximum atomic E-state index is 13.5. The summed E-state index contributed by atoms with van der Waals surface area (Å²) in [5, 5.41) is 1.26. The minimum absolute atomic E-state index is 0.0447. The molecule has 2 heterocycles. The number of nitrogens with zero attached hydrogens (tertiary/aromatic N) is 2. The van der Waals surface area contributed by atoms with E-state index in [1.807, 2.05) is 6.07 Å². The molecule has 2 atom stereocenters.